The van der Waals surface area contributed by atoms with Crippen LogP contribution in [0.25, 0.3) is 0 Å². The first-order chi connectivity index (χ1) is 19.7. The minimum atomic E-state index is -0.700. The van der Waals surface area contributed by atoms with E-state index in [-0.39, 0.29) is 42.0 Å². The number of carbonyl (C=O) groups is 4. The number of aryl methyl sites for hydroxylation is 1. The van der Waals surface area contributed by atoms with Gasteiger partial charge in [0.15, 0.2) is 5.78 Å². The third-order valence-corrected chi connectivity index (χ3v) is 7.73. The van der Waals surface area contributed by atoms with E-state index in [0.717, 1.165) is 11.1 Å². The molecule has 0 spiro atoms. The molecule has 1 N–H and O–H groups in total. The Hall–Kier alpha value is -3.16. The van der Waals surface area contributed by atoms with Gasteiger partial charge in [-0.15, -0.1) is 0 Å². The molecule has 1 saturated heterocycles. The lowest BCUT2D eigenvalue weighted by Gasteiger charge is -2.27. The maximum Gasteiger partial charge on any atom is 0.224 e. The van der Waals surface area contributed by atoms with Crippen molar-refractivity contribution in [1.82, 2.24) is 10.2 Å². The average Bonchev–Trinajstić information content (AvgIpc) is 2.95. The predicted octanol–water partition coefficient (Wildman–Crippen LogP) is 4.46. The fraction of sp³-hybridized carbons (Fsp3) is 0.529. The zero-order valence-corrected chi connectivity index (χ0v) is 24.8. The standard InChI is InChI=1S/C34H46N2O5/c1-25(2)20-32(33(39)23-30(26(3)37)21-28-12-8-5-9-13-28)35-34(40)29(15-14-27-10-6-4-7-11-27)22-31(38)24-36-16-18-41-19-17-36/h4-13,25,29-30,32H,14-24H2,1-3H3,(H,35,40)/t29-,30-,32+/m1/s1. The number of nitrogens with zero attached hydrogens (tertiary/aromatic N) is 1. The van der Waals surface area contributed by atoms with Gasteiger partial charge >= 0.3 is 0 Å². The molecule has 2 aromatic rings. The molecule has 41 heavy (non-hydrogen) atoms. The van der Waals surface area contributed by atoms with Crippen molar-refractivity contribution in [2.24, 2.45) is 17.8 Å². The maximum atomic E-state index is 13.7. The first-order valence-electron chi connectivity index (χ1n) is 14.9. The number of amides is 1. The Morgan fingerprint density at radius 1 is 0.854 bits per heavy atom. The van der Waals surface area contributed by atoms with Gasteiger partial charge in [-0.25, -0.2) is 0 Å². The highest BCUT2D eigenvalue weighted by atomic mass is 16.5. The van der Waals surface area contributed by atoms with E-state index in [1.54, 1.807) is 0 Å². The molecular formula is C34H46N2O5. The van der Waals surface area contributed by atoms with Crippen LogP contribution in [0.15, 0.2) is 60.7 Å². The molecule has 222 valence electrons. The van der Waals surface area contributed by atoms with E-state index >= 15 is 0 Å². The first-order valence-corrected chi connectivity index (χ1v) is 14.9. The second-order valence-electron chi connectivity index (χ2n) is 11.7. The maximum absolute atomic E-state index is 13.7. The lowest BCUT2D eigenvalue weighted by atomic mass is 9.87. The van der Waals surface area contributed by atoms with Crippen LogP contribution in [-0.2, 0) is 36.8 Å². The fourth-order valence-electron chi connectivity index (χ4n) is 5.33. The minimum absolute atomic E-state index is 0.0198. The first kappa shape index (κ1) is 32.4. The molecule has 0 bridgehead atoms. The summed E-state index contributed by atoms with van der Waals surface area (Å²) in [6, 6.07) is 18.9. The molecule has 7 nitrogen and oxygen atoms in total. The summed E-state index contributed by atoms with van der Waals surface area (Å²) in [6.07, 6.45) is 2.34. The monoisotopic (exact) mass is 562 g/mol. The SMILES string of the molecule is CC(=O)[C@@H](CC(=O)[C@H](CC(C)C)NC(=O)[C@H](CCc1ccccc1)CC(=O)CN1CCOCC1)Cc1ccccc1. The Kier molecular flexibility index (Phi) is 13.4. The average molecular weight is 563 g/mol. The number of nitrogens with one attached hydrogen (secondary N) is 1. The second-order valence-corrected chi connectivity index (χ2v) is 11.7. The molecule has 7 heteroatoms. The fourth-order valence-corrected chi connectivity index (χ4v) is 5.33. The van der Waals surface area contributed by atoms with Gasteiger partial charge in [0.25, 0.3) is 0 Å². The van der Waals surface area contributed by atoms with E-state index in [1.165, 1.54) is 6.92 Å². The van der Waals surface area contributed by atoms with Gasteiger partial charge in [-0.2, -0.15) is 0 Å². The van der Waals surface area contributed by atoms with Crippen molar-refractivity contribution in [1.29, 1.82) is 0 Å². The number of hydrogen-bond donors (Lipinski definition) is 1. The van der Waals surface area contributed by atoms with Crippen molar-refractivity contribution in [3.63, 3.8) is 0 Å². The molecule has 0 unspecified atom stereocenters. The molecule has 0 radical (unpaired) electrons. The lowest BCUT2D eigenvalue weighted by molar-refractivity contribution is -0.134. The van der Waals surface area contributed by atoms with Crippen molar-refractivity contribution < 1.29 is 23.9 Å². The normalized spacial score (nSPS) is 16.1. The topological polar surface area (TPSA) is 92.8 Å². The zero-order chi connectivity index (χ0) is 29.6. The minimum Gasteiger partial charge on any atom is -0.379 e. The molecule has 3 rings (SSSR count). The van der Waals surface area contributed by atoms with Gasteiger partial charge in [0, 0.05) is 37.8 Å². The van der Waals surface area contributed by atoms with Crippen LogP contribution >= 0.6 is 0 Å². The van der Waals surface area contributed by atoms with Crippen LogP contribution in [0.4, 0.5) is 0 Å². The van der Waals surface area contributed by atoms with Gasteiger partial charge in [-0.1, -0.05) is 74.5 Å². The molecule has 0 aliphatic carbocycles. The van der Waals surface area contributed by atoms with Crippen LogP contribution in [0.1, 0.15) is 57.6 Å². The highest BCUT2D eigenvalue weighted by molar-refractivity contribution is 5.94. The van der Waals surface area contributed by atoms with Gasteiger partial charge in [0.2, 0.25) is 5.91 Å². The van der Waals surface area contributed by atoms with Crippen molar-refractivity contribution in [3.8, 4) is 0 Å². The molecule has 0 saturated carbocycles. The predicted molar refractivity (Wildman–Crippen MR) is 160 cm³/mol. The quantitative estimate of drug-likeness (QED) is 0.306. The summed E-state index contributed by atoms with van der Waals surface area (Å²) >= 11 is 0. The van der Waals surface area contributed by atoms with Gasteiger partial charge in [-0.05, 0) is 49.7 Å². The van der Waals surface area contributed by atoms with Gasteiger partial charge < -0.3 is 10.1 Å². The summed E-state index contributed by atoms with van der Waals surface area (Å²) in [5.74, 6) is -1.24. The molecule has 1 fully saturated rings. The number of rotatable bonds is 17. The number of benzene rings is 2. The Morgan fingerprint density at radius 3 is 2.05 bits per heavy atom. The van der Waals surface area contributed by atoms with Gasteiger partial charge in [0.05, 0.1) is 25.8 Å². The summed E-state index contributed by atoms with van der Waals surface area (Å²) in [5, 5.41) is 3.02. The molecule has 1 heterocycles. The van der Waals surface area contributed by atoms with E-state index in [0.29, 0.717) is 58.5 Å². The Labute approximate surface area is 245 Å². The molecule has 3 atom stereocenters. The lowest BCUT2D eigenvalue weighted by Crippen LogP contribution is -2.46. The molecule has 1 aliphatic rings. The summed E-state index contributed by atoms with van der Waals surface area (Å²) in [7, 11) is 0. The third kappa shape index (κ3) is 11.7. The van der Waals surface area contributed by atoms with Crippen molar-refractivity contribution in [2.45, 2.75) is 65.3 Å². The highest BCUT2D eigenvalue weighted by Crippen LogP contribution is 2.20. The van der Waals surface area contributed by atoms with Crippen molar-refractivity contribution >= 4 is 23.3 Å². The molecular weight excluding hydrogens is 516 g/mol. The van der Waals surface area contributed by atoms with Crippen LogP contribution in [0.2, 0.25) is 0 Å². The Morgan fingerprint density at radius 2 is 1.46 bits per heavy atom. The Bertz CT molecular complexity index is 1110. The van der Waals surface area contributed by atoms with Gasteiger partial charge in [-0.3, -0.25) is 24.1 Å². The van der Waals surface area contributed by atoms with E-state index < -0.39 is 17.9 Å². The van der Waals surface area contributed by atoms with Crippen LogP contribution < -0.4 is 5.32 Å². The summed E-state index contributed by atoms with van der Waals surface area (Å²) in [5.41, 5.74) is 2.11. The molecule has 1 amide bonds. The Balaban J connectivity index is 1.70. The molecule has 0 aromatic heterocycles. The van der Waals surface area contributed by atoms with Crippen LogP contribution in [-0.4, -0.2) is 67.0 Å². The zero-order valence-electron chi connectivity index (χ0n) is 24.8. The summed E-state index contributed by atoms with van der Waals surface area (Å²) < 4.78 is 5.39. The number of carbonyl (C=O) groups excluding carboxylic acids is 4. The van der Waals surface area contributed by atoms with E-state index in [2.05, 4.69) is 10.2 Å². The molecule has 1 aliphatic heterocycles. The van der Waals surface area contributed by atoms with Crippen LogP contribution in [0.5, 0.6) is 0 Å². The number of morpholine rings is 1. The van der Waals surface area contributed by atoms with E-state index in [1.807, 2.05) is 74.5 Å². The largest absolute Gasteiger partial charge is 0.379 e. The number of Topliss-reactive ketones (excluding diaryl/α,β-unsaturated/α-hetero) is 3. The van der Waals surface area contributed by atoms with Crippen molar-refractivity contribution in [3.05, 3.63) is 71.8 Å². The summed E-state index contributed by atoms with van der Waals surface area (Å²) in [6.45, 7) is 8.47. The number of ketones is 3. The van der Waals surface area contributed by atoms with E-state index in [9.17, 15) is 19.2 Å². The van der Waals surface area contributed by atoms with Crippen molar-refractivity contribution in [2.75, 3.05) is 32.8 Å². The van der Waals surface area contributed by atoms with Crippen LogP contribution in [0, 0.1) is 17.8 Å². The summed E-state index contributed by atoms with van der Waals surface area (Å²) in [4.78, 5) is 54.8. The highest BCUT2D eigenvalue weighted by Gasteiger charge is 2.30. The molecule has 2 aromatic carbocycles. The van der Waals surface area contributed by atoms with Gasteiger partial charge in [0.1, 0.15) is 11.6 Å². The number of hydrogen-bond acceptors (Lipinski definition) is 6. The second kappa shape index (κ2) is 16.9. The third-order valence-electron chi connectivity index (χ3n) is 7.73. The number of ether oxygens (including phenoxy) is 1. The van der Waals surface area contributed by atoms with Crippen LogP contribution in [0.3, 0.4) is 0 Å². The van der Waals surface area contributed by atoms with E-state index in [4.69, 9.17) is 4.74 Å². The smallest absolute Gasteiger partial charge is 0.224 e.